The van der Waals surface area contributed by atoms with Gasteiger partial charge in [0.2, 0.25) is 0 Å². The van der Waals surface area contributed by atoms with Gasteiger partial charge in [0.05, 0.1) is 11.5 Å². The van der Waals surface area contributed by atoms with Gasteiger partial charge in [-0.2, -0.15) is 5.26 Å². The predicted molar refractivity (Wildman–Crippen MR) is 68.6 cm³/mol. The number of aliphatic hydroxyl groups is 1. The highest BCUT2D eigenvalue weighted by Gasteiger charge is 2.27. The Balaban J connectivity index is 2.66. The number of benzene rings is 2. The van der Waals surface area contributed by atoms with Gasteiger partial charge in [-0.05, 0) is 29.7 Å². The highest BCUT2D eigenvalue weighted by molar-refractivity contribution is 5.87. The molecule has 0 saturated carbocycles. The largest absolute Gasteiger partial charge is 0.396 e. The second kappa shape index (κ2) is 4.57. The van der Waals surface area contributed by atoms with Gasteiger partial charge in [-0.3, -0.25) is 0 Å². The van der Waals surface area contributed by atoms with Crippen LogP contribution in [0.3, 0.4) is 0 Å². The summed E-state index contributed by atoms with van der Waals surface area (Å²) in [6.07, 6.45) is 0.456. The third kappa shape index (κ3) is 2.02. The maximum absolute atomic E-state index is 9.37. The van der Waals surface area contributed by atoms with Crippen LogP contribution in [0.2, 0.25) is 0 Å². The number of hydrogen-bond donors (Lipinski definition) is 1. The van der Waals surface area contributed by atoms with Gasteiger partial charge in [-0.15, -0.1) is 0 Å². The molecule has 2 heteroatoms. The Bertz CT molecular complexity index is 565. The fourth-order valence-corrected chi connectivity index (χ4v) is 2.18. The Morgan fingerprint density at radius 2 is 1.88 bits per heavy atom. The summed E-state index contributed by atoms with van der Waals surface area (Å²) in [4.78, 5) is 0. The molecule has 0 spiro atoms. The topological polar surface area (TPSA) is 44.0 Å². The van der Waals surface area contributed by atoms with E-state index in [2.05, 4.69) is 6.07 Å². The molecule has 0 saturated heterocycles. The standard InChI is InChI=1S/C15H15NO/c1-15(11-16,9-10-17)14-8-4-6-12-5-2-3-7-13(12)14/h2-8,17H,9-10H2,1H3. The normalized spacial score (nSPS) is 14.2. The summed E-state index contributed by atoms with van der Waals surface area (Å²) < 4.78 is 0. The third-order valence-corrected chi connectivity index (χ3v) is 3.24. The molecular weight excluding hydrogens is 210 g/mol. The van der Waals surface area contributed by atoms with Crippen LogP contribution in [0, 0.1) is 11.3 Å². The minimum atomic E-state index is -0.629. The Hall–Kier alpha value is -1.85. The van der Waals surface area contributed by atoms with Crippen molar-refractivity contribution in [1.29, 1.82) is 5.26 Å². The van der Waals surface area contributed by atoms with Crippen LogP contribution in [-0.4, -0.2) is 11.7 Å². The van der Waals surface area contributed by atoms with Crippen LogP contribution in [0.25, 0.3) is 10.8 Å². The molecule has 0 radical (unpaired) electrons. The quantitative estimate of drug-likeness (QED) is 0.872. The Labute approximate surface area is 101 Å². The molecule has 0 aliphatic rings. The van der Waals surface area contributed by atoms with Gasteiger partial charge in [-0.25, -0.2) is 0 Å². The third-order valence-electron chi connectivity index (χ3n) is 3.24. The van der Waals surface area contributed by atoms with Gasteiger partial charge in [0.15, 0.2) is 0 Å². The summed E-state index contributed by atoms with van der Waals surface area (Å²) >= 11 is 0. The maximum atomic E-state index is 9.37. The van der Waals surface area contributed by atoms with Crippen molar-refractivity contribution in [3.05, 3.63) is 48.0 Å². The van der Waals surface area contributed by atoms with E-state index in [-0.39, 0.29) is 6.61 Å². The Morgan fingerprint density at radius 3 is 2.59 bits per heavy atom. The van der Waals surface area contributed by atoms with Crippen LogP contribution >= 0.6 is 0 Å². The van der Waals surface area contributed by atoms with E-state index >= 15 is 0 Å². The maximum Gasteiger partial charge on any atom is 0.0822 e. The first-order valence-corrected chi connectivity index (χ1v) is 5.71. The van der Waals surface area contributed by atoms with Crippen molar-refractivity contribution in [3.8, 4) is 6.07 Å². The number of aliphatic hydroxyl groups excluding tert-OH is 1. The molecule has 0 heterocycles. The lowest BCUT2D eigenvalue weighted by Crippen LogP contribution is -2.21. The lowest BCUT2D eigenvalue weighted by atomic mass is 9.79. The molecule has 0 fully saturated rings. The molecule has 86 valence electrons. The number of nitrogens with zero attached hydrogens (tertiary/aromatic N) is 1. The van der Waals surface area contributed by atoms with E-state index in [9.17, 15) is 5.26 Å². The van der Waals surface area contributed by atoms with Gasteiger partial charge in [0, 0.05) is 6.61 Å². The van der Waals surface area contributed by atoms with Crippen molar-refractivity contribution in [1.82, 2.24) is 0 Å². The Morgan fingerprint density at radius 1 is 1.18 bits per heavy atom. The smallest absolute Gasteiger partial charge is 0.0822 e. The van der Waals surface area contributed by atoms with Gasteiger partial charge in [0.25, 0.3) is 0 Å². The van der Waals surface area contributed by atoms with Crippen molar-refractivity contribution < 1.29 is 5.11 Å². The first-order chi connectivity index (χ1) is 8.21. The Kier molecular flexibility index (Phi) is 3.12. The van der Waals surface area contributed by atoms with Gasteiger partial charge in [0.1, 0.15) is 0 Å². The van der Waals surface area contributed by atoms with E-state index in [4.69, 9.17) is 5.11 Å². The first kappa shape index (κ1) is 11.6. The number of hydrogen-bond acceptors (Lipinski definition) is 2. The molecule has 2 rings (SSSR count). The SMILES string of the molecule is CC(C#N)(CCO)c1cccc2ccccc12. The molecule has 0 aliphatic carbocycles. The summed E-state index contributed by atoms with van der Waals surface area (Å²) in [7, 11) is 0. The van der Waals surface area contributed by atoms with Gasteiger partial charge in [-0.1, -0.05) is 42.5 Å². The van der Waals surface area contributed by atoms with Crippen LogP contribution < -0.4 is 0 Å². The van der Waals surface area contributed by atoms with Gasteiger partial charge < -0.3 is 5.11 Å². The summed E-state index contributed by atoms with van der Waals surface area (Å²) in [5.74, 6) is 0. The average Bonchev–Trinajstić information content (AvgIpc) is 2.38. The first-order valence-electron chi connectivity index (χ1n) is 5.71. The predicted octanol–water partition coefficient (Wildman–Crippen LogP) is 3.00. The summed E-state index contributed by atoms with van der Waals surface area (Å²) in [5, 5.41) is 20.7. The molecule has 0 bridgehead atoms. The molecule has 0 aromatic heterocycles. The molecule has 2 aromatic carbocycles. The number of rotatable bonds is 3. The van der Waals surface area contributed by atoms with E-state index in [1.165, 1.54) is 0 Å². The second-order valence-electron chi connectivity index (χ2n) is 4.44. The zero-order valence-electron chi connectivity index (χ0n) is 9.85. The summed E-state index contributed by atoms with van der Waals surface area (Å²) in [6, 6.07) is 16.3. The molecule has 1 atom stereocenters. The van der Waals surface area contributed by atoms with Crippen LogP contribution in [0.5, 0.6) is 0 Å². The molecule has 1 N–H and O–H groups in total. The van der Waals surface area contributed by atoms with Crippen LogP contribution in [0.4, 0.5) is 0 Å². The van der Waals surface area contributed by atoms with E-state index in [0.29, 0.717) is 6.42 Å². The van der Waals surface area contributed by atoms with Crippen LogP contribution in [-0.2, 0) is 5.41 Å². The lowest BCUT2D eigenvalue weighted by Gasteiger charge is -2.22. The number of fused-ring (bicyclic) bond motifs is 1. The molecular formula is C15H15NO. The summed E-state index contributed by atoms with van der Waals surface area (Å²) in [6.45, 7) is 1.90. The molecule has 17 heavy (non-hydrogen) atoms. The molecule has 0 amide bonds. The zero-order valence-corrected chi connectivity index (χ0v) is 9.85. The fourth-order valence-electron chi connectivity index (χ4n) is 2.18. The molecule has 1 unspecified atom stereocenters. The number of nitriles is 1. The lowest BCUT2D eigenvalue weighted by molar-refractivity contribution is 0.264. The summed E-state index contributed by atoms with van der Waals surface area (Å²) in [5.41, 5.74) is 0.363. The second-order valence-corrected chi connectivity index (χ2v) is 4.44. The fraction of sp³-hybridized carbons (Fsp3) is 0.267. The van der Waals surface area contributed by atoms with Crippen LogP contribution in [0.1, 0.15) is 18.9 Å². The van der Waals surface area contributed by atoms with E-state index < -0.39 is 5.41 Å². The van der Waals surface area contributed by atoms with E-state index in [0.717, 1.165) is 16.3 Å². The van der Waals surface area contributed by atoms with Crippen molar-refractivity contribution in [2.75, 3.05) is 6.61 Å². The molecule has 2 aromatic rings. The highest BCUT2D eigenvalue weighted by Crippen LogP contribution is 2.32. The van der Waals surface area contributed by atoms with Crippen molar-refractivity contribution in [2.24, 2.45) is 0 Å². The van der Waals surface area contributed by atoms with E-state index in [1.54, 1.807) is 0 Å². The zero-order chi connectivity index (χ0) is 12.3. The van der Waals surface area contributed by atoms with E-state index in [1.807, 2.05) is 49.4 Å². The minimum absolute atomic E-state index is 0.0211. The van der Waals surface area contributed by atoms with Gasteiger partial charge >= 0.3 is 0 Å². The molecule has 2 nitrogen and oxygen atoms in total. The minimum Gasteiger partial charge on any atom is -0.396 e. The monoisotopic (exact) mass is 225 g/mol. The van der Waals surface area contributed by atoms with Crippen molar-refractivity contribution in [3.63, 3.8) is 0 Å². The average molecular weight is 225 g/mol. The van der Waals surface area contributed by atoms with Crippen molar-refractivity contribution in [2.45, 2.75) is 18.8 Å². The van der Waals surface area contributed by atoms with Crippen molar-refractivity contribution >= 4 is 10.8 Å². The molecule has 0 aliphatic heterocycles. The van der Waals surface area contributed by atoms with Crippen LogP contribution in [0.15, 0.2) is 42.5 Å². The highest BCUT2D eigenvalue weighted by atomic mass is 16.3.